The highest BCUT2D eigenvalue weighted by Gasteiger charge is 2.27. The second-order valence-corrected chi connectivity index (χ2v) is 5.55. The number of Topliss-reactive ketones (excluding diaryl/α,β-unsaturated/α-hetero) is 1. The third-order valence-electron chi connectivity index (χ3n) is 4.23. The summed E-state index contributed by atoms with van der Waals surface area (Å²) in [5, 5.41) is 11.0. The van der Waals surface area contributed by atoms with Gasteiger partial charge in [-0.25, -0.2) is 4.89 Å². The Bertz CT molecular complexity index is 926. The predicted molar refractivity (Wildman–Crippen MR) is 90.3 cm³/mol. The van der Waals surface area contributed by atoms with Gasteiger partial charge in [-0.15, -0.1) is 0 Å². The summed E-state index contributed by atoms with van der Waals surface area (Å²) in [6.45, 7) is 0. The molecule has 0 aliphatic heterocycles. The van der Waals surface area contributed by atoms with Crippen LogP contribution in [0.15, 0.2) is 66.7 Å². The number of carbonyl (C=O) groups is 1. The first kappa shape index (κ1) is 13.9. The van der Waals surface area contributed by atoms with E-state index >= 15 is 0 Å². The van der Waals surface area contributed by atoms with E-state index in [-0.39, 0.29) is 5.78 Å². The summed E-state index contributed by atoms with van der Waals surface area (Å²) in [4.78, 5) is 16.8. The number of ketones is 1. The molecule has 4 rings (SSSR count). The van der Waals surface area contributed by atoms with Crippen LogP contribution in [0, 0.1) is 0 Å². The fourth-order valence-corrected chi connectivity index (χ4v) is 3.16. The second-order valence-electron chi connectivity index (χ2n) is 5.55. The highest BCUT2D eigenvalue weighted by atomic mass is 17.1. The Hall–Kier alpha value is -2.75. The Labute approximate surface area is 133 Å². The molecule has 112 valence electrons. The molecular formula is C20H14O3. The van der Waals surface area contributed by atoms with Crippen molar-refractivity contribution in [3.63, 3.8) is 0 Å². The van der Waals surface area contributed by atoms with Gasteiger partial charge in [0.15, 0.2) is 11.9 Å². The summed E-state index contributed by atoms with van der Waals surface area (Å²) in [6.07, 6.45) is 2.51. The molecule has 23 heavy (non-hydrogen) atoms. The molecule has 0 bridgehead atoms. The minimum absolute atomic E-state index is 0.229. The maximum absolute atomic E-state index is 12.5. The van der Waals surface area contributed by atoms with Crippen molar-refractivity contribution >= 4 is 22.6 Å². The standard InChI is InChI=1S/C20H14O3/c21-20-17-12-14-8-4-5-9-15(14)19(13-6-2-1-3-7-13)16(17)10-11-18(20)23-22/h1-12,18,22H. The zero-order chi connectivity index (χ0) is 15.8. The van der Waals surface area contributed by atoms with E-state index in [9.17, 15) is 4.79 Å². The van der Waals surface area contributed by atoms with E-state index in [1.165, 1.54) is 0 Å². The minimum Gasteiger partial charge on any atom is -0.291 e. The van der Waals surface area contributed by atoms with Gasteiger partial charge in [0.05, 0.1) is 0 Å². The number of hydrogen-bond donors (Lipinski definition) is 1. The van der Waals surface area contributed by atoms with Crippen molar-refractivity contribution < 1.29 is 14.9 Å². The van der Waals surface area contributed by atoms with Crippen LogP contribution in [0.1, 0.15) is 15.9 Å². The molecule has 3 aromatic rings. The summed E-state index contributed by atoms with van der Waals surface area (Å²) in [6, 6.07) is 19.9. The van der Waals surface area contributed by atoms with Crippen molar-refractivity contribution in [1.29, 1.82) is 0 Å². The summed E-state index contributed by atoms with van der Waals surface area (Å²) >= 11 is 0. The molecule has 1 aliphatic rings. The normalized spacial score (nSPS) is 16.6. The SMILES string of the molecule is O=C1c2cc3ccccc3c(-c3ccccc3)c2C=CC1OO. The van der Waals surface area contributed by atoms with E-state index in [4.69, 9.17) is 5.26 Å². The van der Waals surface area contributed by atoms with E-state index in [0.717, 1.165) is 27.5 Å². The number of benzene rings is 3. The number of carbonyl (C=O) groups excluding carboxylic acids is 1. The Morgan fingerprint density at radius 1 is 0.957 bits per heavy atom. The Morgan fingerprint density at radius 2 is 1.70 bits per heavy atom. The molecule has 0 fully saturated rings. The van der Waals surface area contributed by atoms with Gasteiger partial charge in [0.1, 0.15) is 0 Å². The molecule has 0 aromatic heterocycles. The average Bonchev–Trinajstić information content (AvgIpc) is 2.61. The van der Waals surface area contributed by atoms with Crippen LogP contribution in [0.5, 0.6) is 0 Å². The van der Waals surface area contributed by atoms with Gasteiger partial charge in [-0.05, 0) is 39.6 Å². The van der Waals surface area contributed by atoms with Crippen molar-refractivity contribution in [3.05, 3.63) is 77.9 Å². The van der Waals surface area contributed by atoms with Crippen molar-refractivity contribution in [1.82, 2.24) is 0 Å². The molecule has 0 saturated carbocycles. The Balaban J connectivity index is 2.10. The topological polar surface area (TPSA) is 46.5 Å². The van der Waals surface area contributed by atoms with E-state index in [0.29, 0.717) is 5.56 Å². The minimum atomic E-state index is -0.938. The van der Waals surface area contributed by atoms with Gasteiger partial charge in [-0.2, -0.15) is 0 Å². The summed E-state index contributed by atoms with van der Waals surface area (Å²) in [7, 11) is 0. The lowest BCUT2D eigenvalue weighted by Crippen LogP contribution is -2.24. The van der Waals surface area contributed by atoms with E-state index in [1.54, 1.807) is 6.08 Å². The molecule has 0 amide bonds. The zero-order valence-electron chi connectivity index (χ0n) is 12.3. The Kier molecular flexibility index (Phi) is 3.30. The lowest BCUT2D eigenvalue weighted by Gasteiger charge is -2.20. The third-order valence-corrected chi connectivity index (χ3v) is 4.23. The van der Waals surface area contributed by atoms with Gasteiger partial charge < -0.3 is 0 Å². The van der Waals surface area contributed by atoms with Crippen LogP contribution in [0.4, 0.5) is 0 Å². The number of rotatable bonds is 2. The van der Waals surface area contributed by atoms with Crippen LogP contribution in [0.3, 0.4) is 0 Å². The van der Waals surface area contributed by atoms with Crippen molar-refractivity contribution in [2.75, 3.05) is 0 Å². The smallest absolute Gasteiger partial charge is 0.199 e. The fraction of sp³-hybridized carbons (Fsp3) is 0.0500. The summed E-state index contributed by atoms with van der Waals surface area (Å²) in [5.41, 5.74) is 3.53. The maximum atomic E-state index is 12.5. The van der Waals surface area contributed by atoms with Crippen LogP contribution in [0.2, 0.25) is 0 Å². The number of fused-ring (bicyclic) bond motifs is 2. The molecule has 1 atom stereocenters. The molecule has 0 spiro atoms. The van der Waals surface area contributed by atoms with Gasteiger partial charge in [0, 0.05) is 5.56 Å². The van der Waals surface area contributed by atoms with Crippen LogP contribution in [-0.2, 0) is 4.89 Å². The van der Waals surface area contributed by atoms with Gasteiger partial charge in [0.25, 0.3) is 0 Å². The van der Waals surface area contributed by atoms with E-state index < -0.39 is 6.10 Å². The molecule has 3 aromatic carbocycles. The monoisotopic (exact) mass is 302 g/mol. The lowest BCUT2D eigenvalue weighted by atomic mass is 9.84. The zero-order valence-corrected chi connectivity index (χ0v) is 12.3. The van der Waals surface area contributed by atoms with E-state index in [1.807, 2.05) is 60.7 Å². The predicted octanol–water partition coefficient (Wildman–Crippen LogP) is 4.57. The van der Waals surface area contributed by atoms with Crippen LogP contribution in [-0.4, -0.2) is 17.1 Å². The third kappa shape index (κ3) is 2.18. The molecule has 1 N–H and O–H groups in total. The van der Waals surface area contributed by atoms with Crippen LogP contribution in [0.25, 0.3) is 28.0 Å². The summed E-state index contributed by atoms with van der Waals surface area (Å²) in [5.74, 6) is -0.229. The van der Waals surface area contributed by atoms with Crippen molar-refractivity contribution in [3.8, 4) is 11.1 Å². The Morgan fingerprint density at radius 3 is 2.48 bits per heavy atom. The van der Waals surface area contributed by atoms with E-state index in [2.05, 4.69) is 11.0 Å². The van der Waals surface area contributed by atoms with Gasteiger partial charge in [-0.3, -0.25) is 10.1 Å². The second kappa shape index (κ2) is 5.47. The lowest BCUT2D eigenvalue weighted by molar-refractivity contribution is -0.252. The largest absolute Gasteiger partial charge is 0.291 e. The highest BCUT2D eigenvalue weighted by Crippen LogP contribution is 2.37. The summed E-state index contributed by atoms with van der Waals surface area (Å²) < 4.78 is 0. The van der Waals surface area contributed by atoms with Crippen molar-refractivity contribution in [2.45, 2.75) is 6.10 Å². The van der Waals surface area contributed by atoms with Crippen molar-refractivity contribution in [2.24, 2.45) is 0 Å². The molecule has 3 heteroatoms. The number of hydrogen-bond acceptors (Lipinski definition) is 3. The quantitative estimate of drug-likeness (QED) is 0.557. The fourth-order valence-electron chi connectivity index (χ4n) is 3.16. The van der Waals surface area contributed by atoms with Gasteiger partial charge in [0.2, 0.25) is 0 Å². The highest BCUT2D eigenvalue weighted by molar-refractivity contribution is 6.14. The molecule has 1 unspecified atom stereocenters. The molecule has 0 saturated heterocycles. The molecule has 0 radical (unpaired) electrons. The van der Waals surface area contributed by atoms with Crippen LogP contribution < -0.4 is 0 Å². The average molecular weight is 302 g/mol. The maximum Gasteiger partial charge on any atom is 0.199 e. The molecule has 0 heterocycles. The van der Waals surface area contributed by atoms with Gasteiger partial charge in [-0.1, -0.05) is 60.7 Å². The molecule has 1 aliphatic carbocycles. The van der Waals surface area contributed by atoms with Crippen LogP contribution >= 0.6 is 0 Å². The molecular weight excluding hydrogens is 288 g/mol. The van der Waals surface area contributed by atoms with Gasteiger partial charge >= 0.3 is 0 Å². The first-order chi connectivity index (χ1) is 11.3. The first-order valence-corrected chi connectivity index (χ1v) is 7.43. The molecule has 3 nitrogen and oxygen atoms in total. The first-order valence-electron chi connectivity index (χ1n) is 7.43.